The predicted octanol–water partition coefficient (Wildman–Crippen LogP) is 3.57. The minimum Gasteiger partial charge on any atom is -0.310 e. The van der Waals surface area contributed by atoms with Crippen molar-refractivity contribution in [1.82, 2.24) is 5.32 Å². The molecule has 0 aromatic carbocycles. The lowest BCUT2D eigenvalue weighted by Crippen LogP contribution is -2.20. The molecule has 1 fully saturated rings. The molecule has 1 aromatic rings. The largest absolute Gasteiger partial charge is 0.310 e. The SMILES string of the molecule is Cc1scc(C2CCCCCN2)c1C. The molecule has 1 saturated heterocycles. The molecule has 0 amide bonds. The normalized spacial score (nSPS) is 23.4. The highest BCUT2D eigenvalue weighted by Gasteiger charge is 2.17. The van der Waals surface area contributed by atoms with Crippen LogP contribution in [0.5, 0.6) is 0 Å². The molecule has 2 rings (SSSR count). The number of rotatable bonds is 1. The summed E-state index contributed by atoms with van der Waals surface area (Å²) in [7, 11) is 0. The fourth-order valence-corrected chi connectivity index (χ4v) is 3.11. The smallest absolute Gasteiger partial charge is 0.0331 e. The molecule has 1 atom stereocenters. The van der Waals surface area contributed by atoms with Gasteiger partial charge in [0.2, 0.25) is 0 Å². The zero-order valence-corrected chi connectivity index (χ0v) is 9.91. The van der Waals surface area contributed by atoms with Crippen molar-refractivity contribution in [1.29, 1.82) is 0 Å². The van der Waals surface area contributed by atoms with E-state index in [0.29, 0.717) is 6.04 Å². The first kappa shape index (κ1) is 10.2. The summed E-state index contributed by atoms with van der Waals surface area (Å²) in [6.45, 7) is 5.67. The van der Waals surface area contributed by atoms with Crippen LogP contribution in [0.25, 0.3) is 0 Å². The Morgan fingerprint density at radius 1 is 1.29 bits per heavy atom. The van der Waals surface area contributed by atoms with E-state index in [-0.39, 0.29) is 0 Å². The third-order valence-corrected chi connectivity index (χ3v) is 4.29. The highest BCUT2D eigenvalue weighted by atomic mass is 32.1. The summed E-state index contributed by atoms with van der Waals surface area (Å²) in [6.07, 6.45) is 5.44. The average Bonchev–Trinajstić information content (AvgIpc) is 2.47. The first-order valence-electron chi connectivity index (χ1n) is 5.57. The van der Waals surface area contributed by atoms with Crippen molar-refractivity contribution in [2.24, 2.45) is 0 Å². The van der Waals surface area contributed by atoms with Crippen LogP contribution in [0.1, 0.15) is 47.7 Å². The van der Waals surface area contributed by atoms with Crippen molar-refractivity contribution < 1.29 is 0 Å². The lowest BCUT2D eigenvalue weighted by atomic mass is 10.0. The lowest BCUT2D eigenvalue weighted by molar-refractivity contribution is 0.534. The molecule has 0 radical (unpaired) electrons. The monoisotopic (exact) mass is 209 g/mol. The zero-order chi connectivity index (χ0) is 9.97. The van der Waals surface area contributed by atoms with Gasteiger partial charge < -0.3 is 5.32 Å². The Labute approximate surface area is 90.5 Å². The minimum atomic E-state index is 0.627. The summed E-state index contributed by atoms with van der Waals surface area (Å²) in [5.41, 5.74) is 3.06. The molecule has 2 heterocycles. The van der Waals surface area contributed by atoms with Gasteiger partial charge in [0.15, 0.2) is 0 Å². The van der Waals surface area contributed by atoms with Gasteiger partial charge in [0, 0.05) is 10.9 Å². The maximum atomic E-state index is 3.66. The number of aryl methyl sites for hydroxylation is 1. The van der Waals surface area contributed by atoms with E-state index in [0.717, 1.165) is 0 Å². The molecule has 78 valence electrons. The molecule has 1 aromatic heterocycles. The second-order valence-corrected chi connectivity index (χ2v) is 5.31. The first-order valence-corrected chi connectivity index (χ1v) is 6.45. The van der Waals surface area contributed by atoms with Gasteiger partial charge in [0.05, 0.1) is 0 Å². The maximum Gasteiger partial charge on any atom is 0.0331 e. The van der Waals surface area contributed by atoms with Crippen molar-refractivity contribution in [2.75, 3.05) is 6.54 Å². The fraction of sp³-hybridized carbons (Fsp3) is 0.667. The molecule has 1 nitrogen and oxygen atoms in total. The zero-order valence-electron chi connectivity index (χ0n) is 9.10. The summed E-state index contributed by atoms with van der Waals surface area (Å²) in [5, 5.41) is 6.00. The Hall–Kier alpha value is -0.340. The van der Waals surface area contributed by atoms with Crippen LogP contribution in [0, 0.1) is 13.8 Å². The maximum absolute atomic E-state index is 3.66. The number of nitrogens with one attached hydrogen (secondary N) is 1. The Morgan fingerprint density at radius 3 is 2.86 bits per heavy atom. The Morgan fingerprint density at radius 2 is 2.14 bits per heavy atom. The second-order valence-electron chi connectivity index (χ2n) is 4.23. The van der Waals surface area contributed by atoms with Crippen LogP contribution in [0.3, 0.4) is 0 Å². The fourth-order valence-electron chi connectivity index (χ4n) is 2.17. The Balaban J connectivity index is 2.16. The van der Waals surface area contributed by atoms with E-state index in [4.69, 9.17) is 0 Å². The van der Waals surface area contributed by atoms with Crippen molar-refractivity contribution >= 4 is 11.3 Å². The van der Waals surface area contributed by atoms with E-state index < -0.39 is 0 Å². The summed E-state index contributed by atoms with van der Waals surface area (Å²) < 4.78 is 0. The standard InChI is InChI=1S/C12H19NS/c1-9-10(2)14-8-11(9)12-6-4-3-5-7-13-12/h8,12-13H,3-7H2,1-2H3. The van der Waals surface area contributed by atoms with Gasteiger partial charge in [-0.2, -0.15) is 0 Å². The number of hydrogen-bond donors (Lipinski definition) is 1. The third-order valence-electron chi connectivity index (χ3n) is 3.26. The summed E-state index contributed by atoms with van der Waals surface area (Å²) >= 11 is 1.89. The van der Waals surface area contributed by atoms with Gasteiger partial charge in [-0.25, -0.2) is 0 Å². The lowest BCUT2D eigenvalue weighted by Gasteiger charge is -2.15. The van der Waals surface area contributed by atoms with E-state index in [1.54, 1.807) is 5.56 Å². The van der Waals surface area contributed by atoms with E-state index in [1.165, 1.54) is 42.7 Å². The van der Waals surface area contributed by atoms with Gasteiger partial charge in [0.25, 0.3) is 0 Å². The van der Waals surface area contributed by atoms with E-state index in [1.807, 2.05) is 11.3 Å². The molecule has 1 aliphatic heterocycles. The minimum absolute atomic E-state index is 0.627. The van der Waals surface area contributed by atoms with Crippen LogP contribution < -0.4 is 5.32 Å². The molecule has 14 heavy (non-hydrogen) atoms. The van der Waals surface area contributed by atoms with Crippen molar-refractivity contribution in [3.63, 3.8) is 0 Å². The topological polar surface area (TPSA) is 12.0 Å². The average molecular weight is 209 g/mol. The first-order chi connectivity index (χ1) is 6.79. The molecule has 0 saturated carbocycles. The van der Waals surface area contributed by atoms with E-state index in [9.17, 15) is 0 Å². The van der Waals surface area contributed by atoms with Gasteiger partial charge in [0.1, 0.15) is 0 Å². The van der Waals surface area contributed by atoms with Crippen LogP contribution in [-0.4, -0.2) is 6.54 Å². The van der Waals surface area contributed by atoms with Gasteiger partial charge in [-0.15, -0.1) is 11.3 Å². The predicted molar refractivity (Wildman–Crippen MR) is 63.0 cm³/mol. The van der Waals surface area contributed by atoms with Crippen molar-refractivity contribution in [3.05, 3.63) is 21.4 Å². The number of hydrogen-bond acceptors (Lipinski definition) is 2. The Kier molecular flexibility index (Phi) is 3.24. The molecule has 0 aliphatic carbocycles. The summed E-state index contributed by atoms with van der Waals surface area (Å²) in [4.78, 5) is 1.48. The Bertz CT molecular complexity index is 295. The third kappa shape index (κ3) is 2.01. The van der Waals surface area contributed by atoms with Crippen LogP contribution in [0.15, 0.2) is 5.38 Å². The highest BCUT2D eigenvalue weighted by molar-refractivity contribution is 7.10. The van der Waals surface area contributed by atoms with E-state index >= 15 is 0 Å². The number of thiophene rings is 1. The highest BCUT2D eigenvalue weighted by Crippen LogP contribution is 2.30. The van der Waals surface area contributed by atoms with Crippen molar-refractivity contribution in [2.45, 2.75) is 45.6 Å². The van der Waals surface area contributed by atoms with Crippen LogP contribution in [0.4, 0.5) is 0 Å². The second kappa shape index (κ2) is 4.45. The van der Waals surface area contributed by atoms with Crippen molar-refractivity contribution in [3.8, 4) is 0 Å². The molecule has 1 unspecified atom stereocenters. The van der Waals surface area contributed by atoms with Gasteiger partial charge in [-0.05, 0) is 49.7 Å². The van der Waals surface area contributed by atoms with Gasteiger partial charge >= 0.3 is 0 Å². The van der Waals surface area contributed by atoms with E-state index in [2.05, 4.69) is 24.5 Å². The summed E-state index contributed by atoms with van der Waals surface area (Å²) in [6, 6.07) is 0.627. The van der Waals surface area contributed by atoms with Gasteiger partial charge in [-0.1, -0.05) is 12.8 Å². The molecular formula is C12H19NS. The molecular weight excluding hydrogens is 190 g/mol. The van der Waals surface area contributed by atoms with Crippen LogP contribution >= 0.6 is 11.3 Å². The quantitative estimate of drug-likeness (QED) is 0.745. The molecule has 1 N–H and O–H groups in total. The molecule has 0 spiro atoms. The summed E-state index contributed by atoms with van der Waals surface area (Å²) in [5.74, 6) is 0. The molecule has 1 aliphatic rings. The molecule has 0 bridgehead atoms. The van der Waals surface area contributed by atoms with Gasteiger partial charge in [-0.3, -0.25) is 0 Å². The van der Waals surface area contributed by atoms with Crippen LogP contribution in [-0.2, 0) is 0 Å². The molecule has 2 heteroatoms. The van der Waals surface area contributed by atoms with Crippen LogP contribution in [0.2, 0.25) is 0 Å².